The lowest BCUT2D eigenvalue weighted by Gasteiger charge is -2.23. The van der Waals surface area contributed by atoms with Crippen molar-refractivity contribution in [2.24, 2.45) is 0 Å². The second-order valence-corrected chi connectivity index (χ2v) is 5.27. The van der Waals surface area contributed by atoms with Crippen LogP contribution in [0.15, 0.2) is 12.1 Å². The Morgan fingerprint density at radius 3 is 2.48 bits per heavy atom. The highest BCUT2D eigenvalue weighted by atomic mass is 35.5. The zero-order chi connectivity index (χ0) is 16.0. The fourth-order valence-electron chi connectivity index (χ4n) is 2.15. The summed E-state index contributed by atoms with van der Waals surface area (Å²) in [6, 6.07) is 3.40. The van der Waals surface area contributed by atoms with E-state index >= 15 is 0 Å². The average Bonchev–Trinajstić information content (AvgIpc) is 2.43. The largest absolute Gasteiger partial charge is 0.503 e. The van der Waals surface area contributed by atoms with Gasteiger partial charge in [0.15, 0.2) is 11.5 Å². The smallest absolute Gasteiger partial charge is 0.236 e. The van der Waals surface area contributed by atoms with E-state index in [1.165, 1.54) is 7.11 Å². The third-order valence-corrected chi connectivity index (χ3v) is 3.57. The maximum absolute atomic E-state index is 12.0. The number of aromatic hydroxyl groups is 1. The summed E-state index contributed by atoms with van der Waals surface area (Å²) in [5, 5.41) is 9.95. The molecule has 0 aliphatic heterocycles. The Bertz CT molecular complexity index is 490. The highest BCUT2D eigenvalue weighted by Crippen LogP contribution is 2.35. The Kier molecular flexibility index (Phi) is 6.78. The summed E-state index contributed by atoms with van der Waals surface area (Å²) in [5.74, 6) is 0.366. The number of amides is 1. The summed E-state index contributed by atoms with van der Waals surface area (Å²) in [4.78, 5) is 15.7. The van der Waals surface area contributed by atoms with Gasteiger partial charge in [-0.2, -0.15) is 0 Å². The van der Waals surface area contributed by atoms with Crippen LogP contribution in [0.2, 0.25) is 5.02 Å². The number of methoxy groups -OCH3 is 1. The van der Waals surface area contributed by atoms with Crippen molar-refractivity contribution in [2.45, 2.75) is 20.4 Å². The molecule has 1 amide bonds. The molecule has 0 fully saturated rings. The third-order valence-electron chi connectivity index (χ3n) is 3.28. The third kappa shape index (κ3) is 4.79. The van der Waals surface area contributed by atoms with Crippen LogP contribution >= 0.6 is 11.6 Å². The van der Waals surface area contributed by atoms with Gasteiger partial charge in [-0.05, 0) is 38.6 Å². The average molecular weight is 315 g/mol. The van der Waals surface area contributed by atoms with E-state index in [9.17, 15) is 9.90 Å². The number of phenolic OH excluding ortho intramolecular Hbond substituents is 1. The van der Waals surface area contributed by atoms with Gasteiger partial charge >= 0.3 is 0 Å². The van der Waals surface area contributed by atoms with Crippen LogP contribution < -0.4 is 4.74 Å². The molecule has 1 rings (SSSR count). The first-order valence-corrected chi connectivity index (χ1v) is 7.32. The number of phenols is 1. The first kappa shape index (κ1) is 17.6. The molecule has 1 aromatic carbocycles. The lowest BCUT2D eigenvalue weighted by atomic mass is 10.2. The Balaban J connectivity index is 2.73. The van der Waals surface area contributed by atoms with Crippen molar-refractivity contribution in [3.05, 3.63) is 22.7 Å². The highest BCUT2D eigenvalue weighted by Gasteiger charge is 2.14. The number of benzene rings is 1. The van der Waals surface area contributed by atoms with Gasteiger partial charge < -0.3 is 14.7 Å². The molecule has 0 aliphatic rings. The summed E-state index contributed by atoms with van der Waals surface area (Å²) >= 11 is 5.96. The highest BCUT2D eigenvalue weighted by molar-refractivity contribution is 6.32. The van der Waals surface area contributed by atoms with Crippen molar-refractivity contribution in [2.75, 3.05) is 33.8 Å². The van der Waals surface area contributed by atoms with Gasteiger partial charge in [0, 0.05) is 19.6 Å². The van der Waals surface area contributed by atoms with Crippen LogP contribution in [0.5, 0.6) is 11.5 Å². The van der Waals surface area contributed by atoms with E-state index in [1.807, 2.05) is 25.8 Å². The van der Waals surface area contributed by atoms with Crippen molar-refractivity contribution < 1.29 is 14.6 Å². The second-order valence-electron chi connectivity index (χ2n) is 4.87. The van der Waals surface area contributed by atoms with Crippen LogP contribution in [0.4, 0.5) is 0 Å². The van der Waals surface area contributed by atoms with Gasteiger partial charge in [0.25, 0.3) is 0 Å². The first-order valence-electron chi connectivity index (χ1n) is 6.94. The van der Waals surface area contributed by atoms with Crippen molar-refractivity contribution in [3.8, 4) is 11.5 Å². The minimum Gasteiger partial charge on any atom is -0.503 e. The number of hydrogen-bond donors (Lipinski definition) is 1. The van der Waals surface area contributed by atoms with E-state index < -0.39 is 0 Å². The molecule has 5 nitrogen and oxygen atoms in total. The molecule has 0 atom stereocenters. The minimum absolute atomic E-state index is 0.0650. The van der Waals surface area contributed by atoms with Crippen LogP contribution in [-0.4, -0.2) is 54.6 Å². The van der Waals surface area contributed by atoms with Crippen LogP contribution in [0.1, 0.15) is 19.4 Å². The van der Waals surface area contributed by atoms with E-state index in [2.05, 4.69) is 0 Å². The molecular weight excluding hydrogens is 292 g/mol. The van der Waals surface area contributed by atoms with Gasteiger partial charge in [0.2, 0.25) is 5.91 Å². The molecule has 6 heteroatoms. The van der Waals surface area contributed by atoms with Gasteiger partial charge in [0.05, 0.1) is 18.7 Å². The van der Waals surface area contributed by atoms with Crippen LogP contribution in [-0.2, 0) is 11.3 Å². The molecule has 0 bridgehead atoms. The molecule has 0 spiro atoms. The Morgan fingerprint density at radius 1 is 1.33 bits per heavy atom. The van der Waals surface area contributed by atoms with Gasteiger partial charge in [-0.1, -0.05) is 11.6 Å². The zero-order valence-electron chi connectivity index (χ0n) is 13.0. The summed E-state index contributed by atoms with van der Waals surface area (Å²) in [6.07, 6.45) is 0. The lowest BCUT2D eigenvalue weighted by molar-refractivity contribution is -0.131. The lowest BCUT2D eigenvalue weighted by Crippen LogP contribution is -2.38. The molecule has 0 saturated carbocycles. The van der Waals surface area contributed by atoms with Gasteiger partial charge in [-0.15, -0.1) is 0 Å². The minimum atomic E-state index is -0.0650. The summed E-state index contributed by atoms with van der Waals surface area (Å²) in [6.45, 7) is 6.23. The maximum Gasteiger partial charge on any atom is 0.236 e. The van der Waals surface area contributed by atoms with Crippen molar-refractivity contribution in [1.82, 2.24) is 9.80 Å². The van der Waals surface area contributed by atoms with Gasteiger partial charge in [0.1, 0.15) is 0 Å². The number of rotatable bonds is 7. The summed E-state index contributed by atoms with van der Waals surface area (Å²) < 4.78 is 5.07. The standard InChI is InChI=1S/C15H23ClN2O3/c1-5-18(6-2)14(19)10-17(3)9-11-7-12(16)15(20)13(8-11)21-4/h7-8,20H,5-6,9-10H2,1-4H3. The molecule has 0 unspecified atom stereocenters. The number of hydrogen-bond acceptors (Lipinski definition) is 4. The van der Waals surface area contributed by atoms with Crippen molar-refractivity contribution in [3.63, 3.8) is 0 Å². The van der Waals surface area contributed by atoms with Crippen LogP contribution in [0, 0.1) is 0 Å². The summed E-state index contributed by atoms with van der Waals surface area (Å²) in [5.41, 5.74) is 0.879. The quantitative estimate of drug-likeness (QED) is 0.839. The molecule has 0 radical (unpaired) electrons. The Labute approximate surface area is 131 Å². The van der Waals surface area contributed by atoms with Crippen LogP contribution in [0.25, 0.3) is 0 Å². The zero-order valence-corrected chi connectivity index (χ0v) is 13.8. The fourth-order valence-corrected chi connectivity index (χ4v) is 2.38. The number of carbonyl (C=O) groups excluding carboxylic acids is 1. The molecule has 0 heterocycles. The normalized spacial score (nSPS) is 10.8. The van der Waals surface area contributed by atoms with Crippen molar-refractivity contribution in [1.29, 1.82) is 0 Å². The number of ether oxygens (including phenoxy) is 1. The van der Waals surface area contributed by atoms with E-state index in [4.69, 9.17) is 16.3 Å². The predicted octanol–water partition coefficient (Wildman–Crippen LogP) is 2.35. The Morgan fingerprint density at radius 2 is 1.95 bits per heavy atom. The maximum atomic E-state index is 12.0. The monoisotopic (exact) mass is 314 g/mol. The van der Waals surface area contributed by atoms with E-state index in [1.54, 1.807) is 17.0 Å². The molecule has 1 N–H and O–H groups in total. The predicted molar refractivity (Wildman–Crippen MR) is 83.9 cm³/mol. The van der Waals surface area contributed by atoms with E-state index in [0.717, 1.165) is 5.56 Å². The molecule has 21 heavy (non-hydrogen) atoms. The fraction of sp³-hybridized carbons (Fsp3) is 0.533. The van der Waals surface area contributed by atoms with E-state index in [0.29, 0.717) is 31.9 Å². The SMILES string of the molecule is CCN(CC)C(=O)CN(C)Cc1cc(Cl)c(O)c(OC)c1. The topological polar surface area (TPSA) is 53.0 Å². The first-order chi connectivity index (χ1) is 9.92. The number of likely N-dealkylation sites (N-methyl/N-ethyl adjacent to an activating group) is 2. The van der Waals surface area contributed by atoms with Crippen molar-refractivity contribution >= 4 is 17.5 Å². The second kappa shape index (κ2) is 8.10. The van der Waals surface area contributed by atoms with Crippen LogP contribution in [0.3, 0.4) is 0 Å². The number of halogens is 1. The summed E-state index contributed by atoms with van der Waals surface area (Å²) in [7, 11) is 3.34. The molecule has 0 aromatic heterocycles. The molecule has 0 saturated heterocycles. The molecule has 0 aliphatic carbocycles. The van der Waals surface area contributed by atoms with Gasteiger partial charge in [-0.3, -0.25) is 9.69 Å². The number of carbonyl (C=O) groups is 1. The number of nitrogens with zero attached hydrogens (tertiary/aromatic N) is 2. The Hall–Kier alpha value is -1.46. The molecule has 1 aromatic rings. The van der Waals surface area contributed by atoms with Gasteiger partial charge in [-0.25, -0.2) is 0 Å². The molecular formula is C15H23ClN2O3. The van der Waals surface area contributed by atoms with E-state index in [-0.39, 0.29) is 16.7 Å². The molecule has 118 valence electrons.